The average Bonchev–Trinajstić information content (AvgIpc) is 1.27. The van der Waals surface area contributed by atoms with E-state index in [1.54, 1.807) is 0 Å². The summed E-state index contributed by atoms with van der Waals surface area (Å²) in [6.07, 6.45) is 0. The topological polar surface area (TPSA) is 12.0 Å². The summed E-state index contributed by atoms with van der Waals surface area (Å²) in [6.45, 7) is 8.61. The fourth-order valence-corrected chi connectivity index (χ4v) is 0.667. The Morgan fingerprint density at radius 3 is 1.00 bits per heavy atom. The second-order valence-corrected chi connectivity index (χ2v) is 2.48. The van der Waals surface area contributed by atoms with Gasteiger partial charge in [-0.3, -0.25) is 0 Å². The minimum atomic E-state index is 0. The van der Waals surface area contributed by atoms with Gasteiger partial charge in [0.2, 0.25) is 0 Å². The third-order valence-electron chi connectivity index (χ3n) is 0.667. The van der Waals surface area contributed by atoms with E-state index in [4.69, 9.17) is 0 Å². The number of hydrogen-bond acceptors (Lipinski definition) is 1. The van der Waals surface area contributed by atoms with Crippen LogP contribution in [0.3, 0.4) is 0 Å². The van der Waals surface area contributed by atoms with Crippen molar-refractivity contribution in [2.75, 3.05) is 0 Å². The molecule has 9 heavy (non-hydrogen) atoms. The molecule has 1 N–H and O–H groups in total. The third kappa shape index (κ3) is 17.6. The van der Waals surface area contributed by atoms with Gasteiger partial charge in [0.25, 0.3) is 0 Å². The first kappa shape index (κ1) is 16.6. The van der Waals surface area contributed by atoms with E-state index in [1.807, 2.05) is 0 Å². The molecule has 0 aromatic heterocycles. The molecule has 0 spiro atoms. The van der Waals surface area contributed by atoms with Crippen molar-refractivity contribution in [3.63, 3.8) is 0 Å². The molecule has 0 heterocycles. The van der Waals surface area contributed by atoms with Crippen molar-refractivity contribution in [3.8, 4) is 0 Å². The Morgan fingerprint density at radius 1 is 0.778 bits per heavy atom. The normalized spacial score (nSPS) is 8.67. The van der Waals surface area contributed by atoms with Gasteiger partial charge in [-0.1, -0.05) is 27.7 Å². The minimum absolute atomic E-state index is 0. The predicted octanol–water partition coefficient (Wildman–Crippen LogP) is 0.0958. The zero-order valence-electron chi connectivity index (χ0n) is 5.65. The summed E-state index contributed by atoms with van der Waals surface area (Å²) >= 11 is 0. The standard InChI is InChI=1S/C6H15N.2Li.2H/c1-5(2)7-6(3)4;;;;/h5-7H,1-4H3;;;;. The molecule has 0 aromatic rings. The summed E-state index contributed by atoms with van der Waals surface area (Å²) in [7, 11) is 0. The molecule has 1 nitrogen and oxygen atoms in total. The quantitative estimate of drug-likeness (QED) is 0.505. The van der Waals surface area contributed by atoms with Crippen LogP contribution in [-0.2, 0) is 0 Å². The van der Waals surface area contributed by atoms with Gasteiger partial charge in [0, 0.05) is 12.1 Å². The molecule has 0 amide bonds. The Hall–Kier alpha value is 1.15. The predicted molar refractivity (Wildman–Crippen MR) is 47.7 cm³/mol. The van der Waals surface area contributed by atoms with Crippen molar-refractivity contribution in [1.29, 1.82) is 0 Å². The second-order valence-electron chi connectivity index (χ2n) is 2.48. The molecule has 0 atom stereocenters. The van der Waals surface area contributed by atoms with Gasteiger partial charge < -0.3 is 5.32 Å². The summed E-state index contributed by atoms with van der Waals surface area (Å²) in [6, 6.07) is 1.25. The molecular formula is C6H17Li2N. The van der Waals surface area contributed by atoms with Gasteiger partial charge in [-0.2, -0.15) is 0 Å². The molecule has 0 aliphatic rings. The summed E-state index contributed by atoms with van der Waals surface area (Å²) < 4.78 is 0. The van der Waals surface area contributed by atoms with E-state index in [2.05, 4.69) is 33.0 Å². The molecule has 0 unspecified atom stereocenters. The molecule has 0 fully saturated rings. The summed E-state index contributed by atoms with van der Waals surface area (Å²) in [5, 5.41) is 3.31. The van der Waals surface area contributed by atoms with Crippen LogP contribution in [0.25, 0.3) is 0 Å². The fourth-order valence-electron chi connectivity index (χ4n) is 0.667. The van der Waals surface area contributed by atoms with Gasteiger partial charge in [0.1, 0.15) is 0 Å². The fraction of sp³-hybridized carbons (Fsp3) is 1.00. The van der Waals surface area contributed by atoms with Gasteiger partial charge in [0.05, 0.1) is 0 Å². The molecule has 0 aromatic carbocycles. The van der Waals surface area contributed by atoms with E-state index < -0.39 is 0 Å². The second kappa shape index (κ2) is 9.15. The van der Waals surface area contributed by atoms with Gasteiger partial charge in [-0.15, -0.1) is 0 Å². The van der Waals surface area contributed by atoms with Gasteiger partial charge in [-0.05, 0) is 0 Å². The molecule has 0 bridgehead atoms. The molecule has 0 rings (SSSR count). The number of rotatable bonds is 2. The Kier molecular flexibility index (Phi) is 16.9. The maximum absolute atomic E-state index is 3.31. The monoisotopic (exact) mass is 117 g/mol. The van der Waals surface area contributed by atoms with E-state index in [9.17, 15) is 0 Å². The van der Waals surface area contributed by atoms with Crippen LogP contribution in [0.5, 0.6) is 0 Å². The average molecular weight is 117 g/mol. The van der Waals surface area contributed by atoms with Crippen molar-refractivity contribution in [2.24, 2.45) is 0 Å². The molecule has 48 valence electrons. The van der Waals surface area contributed by atoms with Crippen LogP contribution in [0, 0.1) is 0 Å². The van der Waals surface area contributed by atoms with Crippen LogP contribution in [0.1, 0.15) is 27.7 Å². The molecule has 3 heteroatoms. The van der Waals surface area contributed by atoms with E-state index in [0.717, 1.165) is 0 Å². The van der Waals surface area contributed by atoms with Gasteiger partial charge in [0.15, 0.2) is 0 Å². The van der Waals surface area contributed by atoms with Gasteiger partial charge in [-0.25, -0.2) is 0 Å². The van der Waals surface area contributed by atoms with Crippen molar-refractivity contribution >= 4 is 37.7 Å². The van der Waals surface area contributed by atoms with Gasteiger partial charge >= 0.3 is 37.7 Å². The van der Waals surface area contributed by atoms with E-state index in [0.29, 0.717) is 12.1 Å². The SMILES string of the molecule is CC(C)NC(C)C.[LiH].[LiH]. The van der Waals surface area contributed by atoms with Crippen LogP contribution in [0.4, 0.5) is 0 Å². The Bertz CT molecular complexity index is 40.3. The van der Waals surface area contributed by atoms with E-state index in [1.165, 1.54) is 0 Å². The van der Waals surface area contributed by atoms with Crippen LogP contribution in [0.2, 0.25) is 0 Å². The summed E-state index contributed by atoms with van der Waals surface area (Å²) in [4.78, 5) is 0. The molecule has 0 saturated carbocycles. The van der Waals surface area contributed by atoms with Crippen molar-refractivity contribution in [2.45, 2.75) is 39.8 Å². The zero-order chi connectivity index (χ0) is 5.86. The first-order chi connectivity index (χ1) is 3.13. The first-order valence-corrected chi connectivity index (χ1v) is 2.89. The van der Waals surface area contributed by atoms with Crippen LogP contribution in [-0.4, -0.2) is 49.8 Å². The van der Waals surface area contributed by atoms with Crippen molar-refractivity contribution in [1.82, 2.24) is 5.32 Å². The maximum atomic E-state index is 3.31. The summed E-state index contributed by atoms with van der Waals surface area (Å²) in [5.74, 6) is 0. The number of nitrogens with one attached hydrogen (secondary N) is 1. The van der Waals surface area contributed by atoms with Crippen molar-refractivity contribution in [3.05, 3.63) is 0 Å². The molecule has 0 aliphatic carbocycles. The summed E-state index contributed by atoms with van der Waals surface area (Å²) in [5.41, 5.74) is 0. The first-order valence-electron chi connectivity index (χ1n) is 2.89. The number of hydrogen-bond donors (Lipinski definition) is 1. The molecule has 0 radical (unpaired) electrons. The van der Waals surface area contributed by atoms with E-state index >= 15 is 0 Å². The third-order valence-corrected chi connectivity index (χ3v) is 0.667. The van der Waals surface area contributed by atoms with Crippen LogP contribution < -0.4 is 5.32 Å². The molecular weight excluding hydrogens is 100.0 g/mol. The molecule has 0 saturated heterocycles. The van der Waals surface area contributed by atoms with Crippen LogP contribution in [0.15, 0.2) is 0 Å². The zero-order valence-corrected chi connectivity index (χ0v) is 5.65. The van der Waals surface area contributed by atoms with E-state index in [-0.39, 0.29) is 37.7 Å². The Labute approximate surface area is 82.7 Å². The van der Waals surface area contributed by atoms with Crippen molar-refractivity contribution < 1.29 is 0 Å². The van der Waals surface area contributed by atoms with Crippen LogP contribution >= 0.6 is 0 Å². The Morgan fingerprint density at radius 2 is 1.00 bits per heavy atom. The molecule has 0 aliphatic heterocycles. The Balaban J connectivity index is -0.000000180.